The number of benzene rings is 1. The average Bonchev–Trinajstić information content (AvgIpc) is 2.35. The van der Waals surface area contributed by atoms with Crippen LogP contribution in [0, 0.1) is 5.82 Å². The van der Waals surface area contributed by atoms with Crippen LogP contribution < -0.4 is 5.32 Å². The largest absolute Gasteiger partial charge is 0.505 e. The summed E-state index contributed by atoms with van der Waals surface area (Å²) in [6.45, 7) is 0. The molecule has 2 N–H and O–H groups in total. The molecule has 0 aliphatic heterocycles. The number of hydrogen-bond acceptors (Lipinski definition) is 3. The quantitative estimate of drug-likeness (QED) is 0.780. The van der Waals surface area contributed by atoms with Crippen molar-refractivity contribution in [2.24, 2.45) is 0 Å². The van der Waals surface area contributed by atoms with E-state index in [1.807, 2.05) is 0 Å². The second-order valence-corrected chi connectivity index (χ2v) is 3.36. The first-order valence-electron chi connectivity index (χ1n) is 4.87. The number of nitrogens with zero attached hydrogens (tertiary/aromatic N) is 1. The van der Waals surface area contributed by atoms with Crippen LogP contribution in [0.2, 0.25) is 0 Å². The van der Waals surface area contributed by atoms with E-state index in [2.05, 4.69) is 10.3 Å². The monoisotopic (exact) mass is 232 g/mol. The van der Waals surface area contributed by atoms with Gasteiger partial charge >= 0.3 is 0 Å². The smallest absolute Gasteiger partial charge is 0.255 e. The summed E-state index contributed by atoms with van der Waals surface area (Å²) in [6, 6.07) is 6.74. The summed E-state index contributed by atoms with van der Waals surface area (Å²) in [5, 5.41) is 11.5. The van der Waals surface area contributed by atoms with E-state index >= 15 is 0 Å². The van der Waals surface area contributed by atoms with Gasteiger partial charge in [0, 0.05) is 29.7 Å². The second kappa shape index (κ2) is 4.61. The van der Waals surface area contributed by atoms with Gasteiger partial charge in [-0.2, -0.15) is 0 Å². The molecule has 5 heteroatoms. The van der Waals surface area contributed by atoms with Crippen molar-refractivity contribution >= 4 is 11.6 Å². The molecule has 0 spiro atoms. The molecule has 0 unspecified atom stereocenters. The fourth-order valence-electron chi connectivity index (χ4n) is 1.29. The highest BCUT2D eigenvalue weighted by molar-refractivity contribution is 6.04. The zero-order chi connectivity index (χ0) is 12.3. The van der Waals surface area contributed by atoms with Gasteiger partial charge in [-0.15, -0.1) is 0 Å². The first-order chi connectivity index (χ1) is 8.16. The topological polar surface area (TPSA) is 62.2 Å². The number of pyridine rings is 1. The lowest BCUT2D eigenvalue weighted by Crippen LogP contribution is -2.11. The normalized spacial score (nSPS) is 9.94. The molecule has 0 radical (unpaired) electrons. The van der Waals surface area contributed by atoms with Gasteiger partial charge in [-0.3, -0.25) is 9.78 Å². The zero-order valence-electron chi connectivity index (χ0n) is 8.72. The molecular formula is C12H9FN2O2. The van der Waals surface area contributed by atoms with E-state index in [4.69, 9.17) is 5.11 Å². The molecule has 4 nitrogen and oxygen atoms in total. The number of anilines is 1. The van der Waals surface area contributed by atoms with Gasteiger partial charge in [0.15, 0.2) is 11.6 Å². The second-order valence-electron chi connectivity index (χ2n) is 3.36. The number of aromatic hydroxyl groups is 1. The van der Waals surface area contributed by atoms with Crippen LogP contribution in [-0.2, 0) is 0 Å². The molecule has 1 amide bonds. The van der Waals surface area contributed by atoms with E-state index in [1.54, 1.807) is 12.1 Å². The molecule has 0 aliphatic rings. The Kier molecular flexibility index (Phi) is 3.00. The summed E-state index contributed by atoms with van der Waals surface area (Å²) in [7, 11) is 0. The summed E-state index contributed by atoms with van der Waals surface area (Å²) in [5.41, 5.74) is 0.704. The highest BCUT2D eigenvalue weighted by Gasteiger charge is 2.07. The van der Waals surface area contributed by atoms with Crippen LogP contribution in [0.15, 0.2) is 42.7 Å². The lowest BCUT2D eigenvalue weighted by atomic mass is 10.2. The van der Waals surface area contributed by atoms with E-state index in [-0.39, 0.29) is 11.6 Å². The lowest BCUT2D eigenvalue weighted by molar-refractivity contribution is 0.102. The van der Waals surface area contributed by atoms with Gasteiger partial charge < -0.3 is 10.4 Å². The molecule has 86 valence electrons. The fraction of sp³-hybridized carbons (Fsp3) is 0. The summed E-state index contributed by atoms with van der Waals surface area (Å²) in [5.74, 6) is -1.60. The van der Waals surface area contributed by atoms with E-state index in [0.717, 1.165) is 6.07 Å². The van der Waals surface area contributed by atoms with E-state index < -0.39 is 11.6 Å². The Hall–Kier alpha value is -2.43. The van der Waals surface area contributed by atoms with Gasteiger partial charge in [0.05, 0.1) is 0 Å². The van der Waals surface area contributed by atoms with Gasteiger partial charge in [-0.1, -0.05) is 0 Å². The Morgan fingerprint density at radius 2 is 1.94 bits per heavy atom. The standard InChI is InChI=1S/C12H9FN2O2/c13-10-7-9(1-2-11(10)16)15-12(17)8-3-5-14-6-4-8/h1-7,16H,(H,15,17). The van der Waals surface area contributed by atoms with Crippen LogP contribution in [0.4, 0.5) is 10.1 Å². The summed E-state index contributed by atoms with van der Waals surface area (Å²) < 4.78 is 13.0. The van der Waals surface area contributed by atoms with Crippen molar-refractivity contribution < 1.29 is 14.3 Å². The van der Waals surface area contributed by atoms with Crippen molar-refractivity contribution in [3.05, 3.63) is 54.1 Å². The number of phenolic OH excluding ortho intramolecular Hbond substituents is 1. The number of carbonyl (C=O) groups is 1. The third-order valence-electron chi connectivity index (χ3n) is 2.15. The van der Waals surface area contributed by atoms with Gasteiger partial charge in [-0.05, 0) is 24.3 Å². The van der Waals surface area contributed by atoms with Crippen molar-refractivity contribution in [1.29, 1.82) is 0 Å². The van der Waals surface area contributed by atoms with Crippen molar-refractivity contribution in [3.63, 3.8) is 0 Å². The molecule has 2 rings (SSSR count). The minimum absolute atomic E-state index is 0.280. The maximum atomic E-state index is 13.0. The molecule has 0 fully saturated rings. The minimum atomic E-state index is -0.780. The molecule has 0 saturated carbocycles. The molecule has 0 atom stereocenters. The van der Waals surface area contributed by atoms with Crippen molar-refractivity contribution in [1.82, 2.24) is 4.98 Å². The minimum Gasteiger partial charge on any atom is -0.505 e. The van der Waals surface area contributed by atoms with Crippen molar-refractivity contribution in [2.75, 3.05) is 5.32 Å². The Morgan fingerprint density at radius 1 is 1.24 bits per heavy atom. The molecule has 0 aliphatic carbocycles. The number of nitrogens with one attached hydrogen (secondary N) is 1. The molecule has 2 aromatic rings. The SMILES string of the molecule is O=C(Nc1ccc(O)c(F)c1)c1ccncc1. The van der Waals surface area contributed by atoms with Crippen LogP contribution in [0.25, 0.3) is 0 Å². The predicted molar refractivity (Wildman–Crippen MR) is 60.3 cm³/mol. The van der Waals surface area contributed by atoms with Gasteiger partial charge in [-0.25, -0.2) is 4.39 Å². The number of carbonyl (C=O) groups excluding carboxylic acids is 1. The first-order valence-corrected chi connectivity index (χ1v) is 4.87. The fourth-order valence-corrected chi connectivity index (χ4v) is 1.29. The Labute approximate surface area is 96.7 Å². The molecule has 0 saturated heterocycles. The third-order valence-corrected chi connectivity index (χ3v) is 2.15. The maximum absolute atomic E-state index is 13.0. The number of amides is 1. The number of rotatable bonds is 2. The lowest BCUT2D eigenvalue weighted by Gasteiger charge is -2.05. The van der Waals surface area contributed by atoms with Crippen molar-refractivity contribution in [3.8, 4) is 5.75 Å². The first kappa shape index (κ1) is 11.1. The Bertz CT molecular complexity index is 543. The van der Waals surface area contributed by atoms with Crippen LogP contribution in [0.3, 0.4) is 0 Å². The number of phenols is 1. The highest BCUT2D eigenvalue weighted by Crippen LogP contribution is 2.19. The van der Waals surface area contributed by atoms with E-state index in [0.29, 0.717) is 5.56 Å². The predicted octanol–water partition coefficient (Wildman–Crippen LogP) is 2.18. The molecular weight excluding hydrogens is 223 g/mol. The molecule has 1 aromatic heterocycles. The Balaban J connectivity index is 2.16. The molecule has 0 bridgehead atoms. The summed E-state index contributed by atoms with van der Waals surface area (Å²) in [6.07, 6.45) is 2.98. The van der Waals surface area contributed by atoms with Gasteiger partial charge in [0.25, 0.3) is 5.91 Å². The summed E-state index contributed by atoms with van der Waals surface area (Å²) in [4.78, 5) is 15.5. The molecule has 17 heavy (non-hydrogen) atoms. The summed E-state index contributed by atoms with van der Waals surface area (Å²) >= 11 is 0. The van der Waals surface area contributed by atoms with E-state index in [1.165, 1.54) is 24.5 Å². The zero-order valence-corrected chi connectivity index (χ0v) is 8.72. The van der Waals surface area contributed by atoms with Gasteiger partial charge in [0.1, 0.15) is 0 Å². The number of halogens is 1. The number of hydrogen-bond donors (Lipinski definition) is 2. The van der Waals surface area contributed by atoms with Crippen LogP contribution in [0.1, 0.15) is 10.4 Å². The van der Waals surface area contributed by atoms with Crippen LogP contribution in [-0.4, -0.2) is 16.0 Å². The van der Waals surface area contributed by atoms with Crippen LogP contribution in [0.5, 0.6) is 5.75 Å². The molecule has 1 aromatic carbocycles. The number of aromatic nitrogens is 1. The highest BCUT2D eigenvalue weighted by atomic mass is 19.1. The van der Waals surface area contributed by atoms with Gasteiger partial charge in [0.2, 0.25) is 0 Å². The average molecular weight is 232 g/mol. The molecule has 1 heterocycles. The maximum Gasteiger partial charge on any atom is 0.255 e. The van der Waals surface area contributed by atoms with Crippen molar-refractivity contribution in [2.45, 2.75) is 0 Å². The Morgan fingerprint density at radius 3 is 2.59 bits per heavy atom. The van der Waals surface area contributed by atoms with E-state index in [9.17, 15) is 9.18 Å². The van der Waals surface area contributed by atoms with Crippen LogP contribution >= 0.6 is 0 Å². The third kappa shape index (κ3) is 2.57.